The quantitative estimate of drug-likeness (QED) is 0.735. The van der Waals surface area contributed by atoms with Crippen LogP contribution in [-0.2, 0) is 4.79 Å². The Morgan fingerprint density at radius 1 is 1.22 bits per heavy atom. The van der Waals surface area contributed by atoms with Gasteiger partial charge >= 0.3 is 0 Å². The fourth-order valence-corrected chi connectivity index (χ4v) is 3.50. The van der Waals surface area contributed by atoms with Crippen LogP contribution >= 0.6 is 11.6 Å². The highest BCUT2D eigenvalue weighted by Crippen LogP contribution is 2.41. The first-order chi connectivity index (χ1) is 12.9. The van der Waals surface area contributed by atoms with Crippen molar-refractivity contribution in [2.45, 2.75) is 19.4 Å². The van der Waals surface area contributed by atoms with Gasteiger partial charge in [0.1, 0.15) is 11.9 Å². The first-order valence-corrected chi connectivity index (χ1v) is 8.70. The molecule has 0 radical (unpaired) electrons. The Morgan fingerprint density at radius 2 is 1.96 bits per heavy atom. The van der Waals surface area contributed by atoms with E-state index in [2.05, 4.69) is 5.16 Å². The summed E-state index contributed by atoms with van der Waals surface area (Å²) in [5.74, 6) is -0.377. The van der Waals surface area contributed by atoms with Gasteiger partial charge in [0.25, 0.3) is 0 Å². The summed E-state index contributed by atoms with van der Waals surface area (Å²) >= 11 is 6.24. The van der Waals surface area contributed by atoms with Gasteiger partial charge in [0.15, 0.2) is 5.76 Å². The number of fused-ring (bicyclic) bond motifs is 3. The zero-order valence-corrected chi connectivity index (χ0v) is 15.1. The largest absolute Gasteiger partial charge is 0.370 e. The summed E-state index contributed by atoms with van der Waals surface area (Å²) in [5.41, 5.74) is 9.76. The van der Waals surface area contributed by atoms with Crippen LogP contribution in [0.4, 0.5) is 4.39 Å². The standard InChI is InChI=1S/C20H15ClFN3O2/c1-10-18-14-7-4-12(21)8-15(14)19(11-2-5-13(22)6-3-11)24-16(9-17(23)26)20(18)27-25-10/h2-8,16H,9H2,1H3,(H2,23,26). The van der Waals surface area contributed by atoms with Crippen LogP contribution in [0.5, 0.6) is 0 Å². The fourth-order valence-electron chi connectivity index (χ4n) is 3.32. The molecule has 7 heteroatoms. The second-order valence-electron chi connectivity index (χ2n) is 6.37. The van der Waals surface area contributed by atoms with E-state index in [9.17, 15) is 9.18 Å². The van der Waals surface area contributed by atoms with Gasteiger partial charge in [-0.2, -0.15) is 0 Å². The number of primary amides is 1. The maximum absolute atomic E-state index is 13.4. The van der Waals surface area contributed by atoms with Crippen molar-refractivity contribution in [1.29, 1.82) is 0 Å². The number of benzene rings is 2. The van der Waals surface area contributed by atoms with E-state index >= 15 is 0 Å². The molecule has 27 heavy (non-hydrogen) atoms. The van der Waals surface area contributed by atoms with Gasteiger partial charge in [-0.05, 0) is 48.9 Å². The molecular formula is C20H15ClFN3O2. The molecule has 1 aliphatic heterocycles. The van der Waals surface area contributed by atoms with Gasteiger partial charge in [0.2, 0.25) is 5.91 Å². The van der Waals surface area contributed by atoms with E-state index in [1.165, 1.54) is 12.1 Å². The Balaban J connectivity index is 2.02. The lowest BCUT2D eigenvalue weighted by atomic mass is 9.93. The highest BCUT2D eigenvalue weighted by molar-refractivity contribution is 6.31. The molecule has 1 atom stereocenters. The van der Waals surface area contributed by atoms with Crippen LogP contribution in [0.25, 0.3) is 11.1 Å². The zero-order chi connectivity index (χ0) is 19.1. The van der Waals surface area contributed by atoms with E-state index in [-0.39, 0.29) is 12.2 Å². The molecule has 1 aliphatic rings. The molecule has 2 N–H and O–H groups in total. The summed E-state index contributed by atoms with van der Waals surface area (Å²) in [6.45, 7) is 1.82. The van der Waals surface area contributed by atoms with Crippen LogP contribution in [0.2, 0.25) is 5.02 Å². The Bertz CT molecular complexity index is 1070. The summed E-state index contributed by atoms with van der Waals surface area (Å²) in [6, 6.07) is 10.8. The van der Waals surface area contributed by atoms with Crippen LogP contribution in [0.15, 0.2) is 52.0 Å². The number of aryl methyl sites for hydroxylation is 1. The number of carbonyl (C=O) groups excluding carboxylic acids is 1. The number of carbonyl (C=O) groups is 1. The molecule has 2 aromatic carbocycles. The monoisotopic (exact) mass is 383 g/mol. The van der Waals surface area contributed by atoms with Gasteiger partial charge in [-0.1, -0.05) is 22.8 Å². The molecular weight excluding hydrogens is 369 g/mol. The average Bonchev–Trinajstić information content (AvgIpc) is 2.94. The van der Waals surface area contributed by atoms with E-state index in [1.807, 2.05) is 13.0 Å². The topological polar surface area (TPSA) is 81.5 Å². The summed E-state index contributed by atoms with van der Waals surface area (Å²) in [7, 11) is 0. The van der Waals surface area contributed by atoms with Gasteiger partial charge in [0.05, 0.1) is 23.4 Å². The smallest absolute Gasteiger partial charge is 0.220 e. The molecule has 0 saturated heterocycles. The molecule has 1 amide bonds. The summed E-state index contributed by atoms with van der Waals surface area (Å²) in [5, 5.41) is 4.58. The van der Waals surface area contributed by atoms with Crippen molar-refractivity contribution in [1.82, 2.24) is 5.16 Å². The number of halogens is 2. The number of nitrogens with zero attached hydrogens (tertiary/aromatic N) is 2. The second-order valence-corrected chi connectivity index (χ2v) is 6.80. The highest BCUT2D eigenvalue weighted by atomic mass is 35.5. The number of amides is 1. The van der Waals surface area contributed by atoms with Gasteiger partial charge in [-0.15, -0.1) is 0 Å². The molecule has 3 aromatic rings. The molecule has 5 nitrogen and oxygen atoms in total. The third kappa shape index (κ3) is 3.13. The lowest BCUT2D eigenvalue weighted by Gasteiger charge is -2.12. The number of rotatable bonds is 3. The molecule has 136 valence electrons. The molecule has 0 spiro atoms. The van der Waals surface area contributed by atoms with Crippen molar-refractivity contribution in [2.24, 2.45) is 10.7 Å². The molecule has 0 aliphatic carbocycles. The molecule has 1 aromatic heterocycles. The Labute approximate surface area is 159 Å². The van der Waals surface area contributed by atoms with Crippen LogP contribution in [-0.4, -0.2) is 16.8 Å². The summed E-state index contributed by atoms with van der Waals surface area (Å²) < 4.78 is 18.9. The second kappa shape index (κ2) is 6.63. The SMILES string of the molecule is Cc1noc2c1-c1ccc(Cl)cc1C(c1ccc(F)cc1)=NC2CC(N)=O. The maximum atomic E-state index is 13.4. The number of aromatic nitrogens is 1. The van der Waals surface area contributed by atoms with Gasteiger partial charge < -0.3 is 10.3 Å². The third-order valence-corrected chi connectivity index (χ3v) is 4.73. The van der Waals surface area contributed by atoms with Crippen molar-refractivity contribution < 1.29 is 13.7 Å². The minimum Gasteiger partial charge on any atom is -0.370 e. The van der Waals surface area contributed by atoms with Gasteiger partial charge in [-0.25, -0.2) is 4.39 Å². The van der Waals surface area contributed by atoms with E-state index in [0.29, 0.717) is 27.8 Å². The number of nitrogens with two attached hydrogens (primary N) is 1. The number of hydrogen-bond donors (Lipinski definition) is 1. The molecule has 0 fully saturated rings. The number of hydrogen-bond acceptors (Lipinski definition) is 4. The van der Waals surface area contributed by atoms with Crippen molar-refractivity contribution in [2.75, 3.05) is 0 Å². The molecule has 0 saturated carbocycles. The minimum atomic E-state index is -0.634. The Kier molecular flexibility index (Phi) is 4.28. The van der Waals surface area contributed by atoms with Crippen LogP contribution in [0, 0.1) is 12.7 Å². The van der Waals surface area contributed by atoms with Gasteiger partial charge in [0, 0.05) is 16.1 Å². The molecule has 1 unspecified atom stereocenters. The average molecular weight is 384 g/mol. The summed E-state index contributed by atoms with van der Waals surface area (Å²) in [6.07, 6.45) is -0.0337. The van der Waals surface area contributed by atoms with Crippen LogP contribution in [0.3, 0.4) is 0 Å². The minimum absolute atomic E-state index is 0.0337. The third-order valence-electron chi connectivity index (χ3n) is 4.49. The van der Waals surface area contributed by atoms with Crippen LogP contribution in [0.1, 0.15) is 35.0 Å². The fraction of sp³-hybridized carbons (Fsp3) is 0.150. The first kappa shape index (κ1) is 17.4. The maximum Gasteiger partial charge on any atom is 0.220 e. The predicted octanol–water partition coefficient (Wildman–Crippen LogP) is 4.21. The van der Waals surface area contributed by atoms with E-state index in [1.54, 1.807) is 24.3 Å². The molecule has 0 bridgehead atoms. The van der Waals surface area contributed by atoms with Crippen molar-refractivity contribution in [3.63, 3.8) is 0 Å². The Hall–Kier alpha value is -2.99. The normalized spacial score (nSPS) is 15.5. The highest BCUT2D eigenvalue weighted by Gasteiger charge is 2.31. The molecule has 4 rings (SSSR count). The van der Waals surface area contributed by atoms with Crippen LogP contribution < -0.4 is 5.73 Å². The van der Waals surface area contributed by atoms with E-state index in [0.717, 1.165) is 16.7 Å². The van der Waals surface area contributed by atoms with E-state index in [4.69, 9.17) is 26.9 Å². The predicted molar refractivity (Wildman–Crippen MR) is 100 cm³/mol. The number of aliphatic imine (C=N–C) groups is 1. The van der Waals surface area contributed by atoms with Crippen molar-refractivity contribution in [3.05, 3.63) is 75.9 Å². The lowest BCUT2D eigenvalue weighted by molar-refractivity contribution is -0.118. The summed E-state index contributed by atoms with van der Waals surface area (Å²) in [4.78, 5) is 16.4. The molecule has 2 heterocycles. The van der Waals surface area contributed by atoms with Gasteiger partial charge in [-0.3, -0.25) is 9.79 Å². The Morgan fingerprint density at radius 3 is 2.67 bits per heavy atom. The van der Waals surface area contributed by atoms with Crippen molar-refractivity contribution in [3.8, 4) is 11.1 Å². The first-order valence-electron chi connectivity index (χ1n) is 8.32. The zero-order valence-electron chi connectivity index (χ0n) is 14.4. The lowest BCUT2D eigenvalue weighted by Crippen LogP contribution is -2.15. The van der Waals surface area contributed by atoms with E-state index < -0.39 is 11.9 Å². The van der Waals surface area contributed by atoms with Crippen molar-refractivity contribution >= 4 is 23.2 Å².